The molecule has 2 nitrogen and oxygen atoms in total. The fourth-order valence-corrected chi connectivity index (χ4v) is 3.67. The van der Waals surface area contributed by atoms with Crippen molar-refractivity contribution in [1.29, 1.82) is 0 Å². The predicted octanol–water partition coefficient (Wildman–Crippen LogP) is 2.81. The monoisotopic (exact) mass is 279 g/mol. The van der Waals surface area contributed by atoms with Gasteiger partial charge in [0, 0.05) is 18.8 Å². The van der Waals surface area contributed by atoms with Crippen LogP contribution in [0.5, 0.6) is 0 Å². The molecule has 2 unspecified atom stereocenters. The van der Waals surface area contributed by atoms with E-state index in [4.69, 9.17) is 0 Å². The molecule has 1 aromatic rings. The van der Waals surface area contributed by atoms with Crippen molar-refractivity contribution in [2.24, 2.45) is 0 Å². The predicted molar refractivity (Wildman–Crippen MR) is 84.0 cm³/mol. The minimum absolute atomic E-state index is 0.604. The van der Waals surface area contributed by atoms with Crippen LogP contribution in [0.15, 0.2) is 24.3 Å². The summed E-state index contributed by atoms with van der Waals surface area (Å²) in [6.07, 6.45) is 5.79. The lowest BCUT2D eigenvalue weighted by molar-refractivity contribution is 0.0844. The number of thioether (sulfide) groups is 1. The molecule has 0 bridgehead atoms. The first-order valence-corrected chi connectivity index (χ1v) is 8.51. The van der Waals surface area contributed by atoms with Crippen LogP contribution in [0.25, 0.3) is 0 Å². The molecular weight excluding hydrogens is 254 g/mol. The van der Waals surface area contributed by atoms with E-state index in [2.05, 4.69) is 29.6 Å². The molecule has 0 radical (unpaired) electrons. The summed E-state index contributed by atoms with van der Waals surface area (Å²) in [5.41, 5.74) is 2.41. The SMILES string of the molecule is CSCC(C)(O)CNCC1CCCc2ccccc21. The van der Waals surface area contributed by atoms with Crippen LogP contribution < -0.4 is 5.32 Å². The van der Waals surface area contributed by atoms with E-state index in [9.17, 15) is 5.11 Å². The third-order valence-electron chi connectivity index (χ3n) is 3.85. The summed E-state index contributed by atoms with van der Waals surface area (Å²) in [5, 5.41) is 13.6. The van der Waals surface area contributed by atoms with E-state index in [0.29, 0.717) is 12.5 Å². The van der Waals surface area contributed by atoms with E-state index >= 15 is 0 Å². The minimum atomic E-state index is -0.604. The Balaban J connectivity index is 1.88. The molecule has 0 aliphatic heterocycles. The maximum atomic E-state index is 10.2. The van der Waals surface area contributed by atoms with Crippen molar-refractivity contribution in [3.05, 3.63) is 35.4 Å². The number of aliphatic hydroxyl groups is 1. The number of nitrogens with one attached hydrogen (secondary N) is 1. The summed E-state index contributed by atoms with van der Waals surface area (Å²) in [4.78, 5) is 0. The number of fused-ring (bicyclic) bond motifs is 1. The molecule has 106 valence electrons. The van der Waals surface area contributed by atoms with E-state index in [1.54, 1.807) is 11.8 Å². The van der Waals surface area contributed by atoms with Gasteiger partial charge in [-0.1, -0.05) is 24.3 Å². The Morgan fingerprint density at radius 3 is 3.00 bits per heavy atom. The van der Waals surface area contributed by atoms with E-state index in [1.165, 1.54) is 30.4 Å². The first-order valence-electron chi connectivity index (χ1n) is 7.12. The normalized spacial score (nSPS) is 21.7. The number of aryl methyl sites for hydroxylation is 1. The van der Waals surface area contributed by atoms with Crippen molar-refractivity contribution in [3.63, 3.8) is 0 Å². The second kappa shape index (κ2) is 6.78. The molecule has 2 atom stereocenters. The second-order valence-electron chi connectivity index (χ2n) is 5.85. The molecule has 0 saturated heterocycles. The zero-order valence-electron chi connectivity index (χ0n) is 12.0. The Morgan fingerprint density at radius 1 is 1.42 bits per heavy atom. The quantitative estimate of drug-likeness (QED) is 0.840. The molecule has 0 aromatic heterocycles. The van der Waals surface area contributed by atoms with Crippen LogP contribution >= 0.6 is 11.8 Å². The molecule has 3 heteroatoms. The standard InChI is InChI=1S/C16H25NOS/c1-16(18,12-19-2)11-17-10-14-8-5-7-13-6-3-4-9-15(13)14/h3-4,6,9,14,17-18H,5,7-8,10-12H2,1-2H3. The van der Waals surface area contributed by atoms with Crippen molar-refractivity contribution >= 4 is 11.8 Å². The van der Waals surface area contributed by atoms with Gasteiger partial charge in [0.2, 0.25) is 0 Å². The van der Waals surface area contributed by atoms with Crippen LogP contribution in [0.1, 0.15) is 36.8 Å². The van der Waals surface area contributed by atoms with E-state index in [1.807, 2.05) is 13.2 Å². The van der Waals surface area contributed by atoms with Gasteiger partial charge < -0.3 is 10.4 Å². The lowest BCUT2D eigenvalue weighted by Crippen LogP contribution is -2.41. The number of hydrogen-bond donors (Lipinski definition) is 2. The summed E-state index contributed by atoms with van der Waals surface area (Å²) in [6.45, 7) is 3.55. The lowest BCUT2D eigenvalue weighted by atomic mass is 9.83. The summed E-state index contributed by atoms with van der Waals surface area (Å²) in [6, 6.07) is 8.80. The molecule has 0 amide bonds. The highest BCUT2D eigenvalue weighted by Gasteiger charge is 2.22. The molecular formula is C16H25NOS. The first kappa shape index (κ1) is 14.9. The molecule has 1 aromatic carbocycles. The van der Waals surface area contributed by atoms with Crippen molar-refractivity contribution in [3.8, 4) is 0 Å². The van der Waals surface area contributed by atoms with Crippen molar-refractivity contribution in [1.82, 2.24) is 5.32 Å². The fraction of sp³-hybridized carbons (Fsp3) is 0.625. The minimum Gasteiger partial charge on any atom is -0.388 e. The average Bonchev–Trinajstić information content (AvgIpc) is 2.39. The van der Waals surface area contributed by atoms with Crippen molar-refractivity contribution in [2.45, 2.75) is 37.7 Å². The molecule has 0 saturated carbocycles. The van der Waals surface area contributed by atoms with Crippen LogP contribution in [-0.2, 0) is 6.42 Å². The molecule has 1 aliphatic carbocycles. The topological polar surface area (TPSA) is 32.3 Å². The highest BCUT2D eigenvalue weighted by Crippen LogP contribution is 2.30. The van der Waals surface area contributed by atoms with E-state index in [0.717, 1.165) is 12.3 Å². The Morgan fingerprint density at radius 2 is 2.21 bits per heavy atom. The van der Waals surface area contributed by atoms with Crippen LogP contribution in [0.2, 0.25) is 0 Å². The number of rotatable bonds is 6. The maximum Gasteiger partial charge on any atom is 0.0833 e. The van der Waals surface area contributed by atoms with Gasteiger partial charge in [-0.05, 0) is 49.5 Å². The molecule has 0 fully saturated rings. The summed E-state index contributed by atoms with van der Waals surface area (Å²) < 4.78 is 0. The zero-order chi connectivity index (χ0) is 13.7. The largest absolute Gasteiger partial charge is 0.388 e. The maximum absolute atomic E-state index is 10.2. The summed E-state index contributed by atoms with van der Waals surface area (Å²) in [5.74, 6) is 1.39. The Labute approximate surface area is 121 Å². The average molecular weight is 279 g/mol. The Hall–Kier alpha value is -0.510. The highest BCUT2D eigenvalue weighted by atomic mass is 32.2. The van der Waals surface area contributed by atoms with Gasteiger partial charge in [-0.25, -0.2) is 0 Å². The van der Waals surface area contributed by atoms with Crippen LogP contribution in [-0.4, -0.2) is 35.8 Å². The van der Waals surface area contributed by atoms with Crippen molar-refractivity contribution in [2.75, 3.05) is 25.1 Å². The van der Waals surface area contributed by atoms with Gasteiger partial charge in [0.15, 0.2) is 0 Å². The van der Waals surface area contributed by atoms with Gasteiger partial charge in [0.25, 0.3) is 0 Å². The fourth-order valence-electron chi connectivity index (χ4n) is 2.94. The van der Waals surface area contributed by atoms with E-state index < -0.39 is 5.60 Å². The summed E-state index contributed by atoms with van der Waals surface area (Å²) in [7, 11) is 0. The Kier molecular flexibility index (Phi) is 5.31. The zero-order valence-corrected chi connectivity index (χ0v) is 12.8. The molecule has 1 aliphatic rings. The van der Waals surface area contributed by atoms with Gasteiger partial charge in [0.1, 0.15) is 0 Å². The first-order chi connectivity index (χ1) is 9.12. The van der Waals surface area contributed by atoms with Crippen LogP contribution in [0.3, 0.4) is 0 Å². The van der Waals surface area contributed by atoms with Gasteiger partial charge in [-0.15, -0.1) is 0 Å². The van der Waals surface area contributed by atoms with E-state index in [-0.39, 0.29) is 0 Å². The van der Waals surface area contributed by atoms with Crippen molar-refractivity contribution < 1.29 is 5.11 Å². The molecule has 0 spiro atoms. The van der Waals surface area contributed by atoms with Gasteiger partial charge in [-0.2, -0.15) is 11.8 Å². The number of hydrogen-bond acceptors (Lipinski definition) is 3. The molecule has 2 N–H and O–H groups in total. The third kappa shape index (κ3) is 4.23. The Bertz CT molecular complexity index is 405. The van der Waals surface area contributed by atoms with Gasteiger partial charge >= 0.3 is 0 Å². The van der Waals surface area contributed by atoms with Crippen LogP contribution in [0.4, 0.5) is 0 Å². The lowest BCUT2D eigenvalue weighted by Gasteiger charge is -2.28. The third-order valence-corrected chi connectivity index (χ3v) is 4.76. The highest BCUT2D eigenvalue weighted by molar-refractivity contribution is 7.98. The molecule has 2 rings (SSSR count). The number of benzene rings is 1. The second-order valence-corrected chi connectivity index (χ2v) is 6.71. The summed E-state index contributed by atoms with van der Waals surface area (Å²) >= 11 is 1.69. The molecule has 0 heterocycles. The molecule has 19 heavy (non-hydrogen) atoms. The van der Waals surface area contributed by atoms with Gasteiger partial charge in [0.05, 0.1) is 5.60 Å². The van der Waals surface area contributed by atoms with Gasteiger partial charge in [-0.3, -0.25) is 0 Å². The smallest absolute Gasteiger partial charge is 0.0833 e. The van der Waals surface area contributed by atoms with Crippen LogP contribution in [0, 0.1) is 0 Å².